The molecule has 1 atom stereocenters. The van der Waals surface area contributed by atoms with Crippen LogP contribution in [0.15, 0.2) is 30.4 Å². The third kappa shape index (κ3) is 3.82. The lowest BCUT2D eigenvalue weighted by Crippen LogP contribution is -2.30. The average molecular weight is 377 g/mol. The SMILES string of the molecule is CCS(=O)(=O)N1CCc2cc(C(=O)COC(=O)C3CC=CCC3)ccc21. The standard InChI is InChI=1S/C19H23NO5S/c1-2-26(23,24)20-11-10-15-12-16(8-9-17(15)20)18(21)13-25-19(22)14-6-4-3-5-7-14/h3-4,8-9,12,14H,2,5-7,10-11,13H2,1H3. The molecule has 1 aromatic carbocycles. The number of hydrogen-bond acceptors (Lipinski definition) is 5. The lowest BCUT2D eigenvalue weighted by Gasteiger charge is -2.18. The van der Waals surface area contributed by atoms with E-state index in [4.69, 9.17) is 4.74 Å². The van der Waals surface area contributed by atoms with Gasteiger partial charge < -0.3 is 4.74 Å². The van der Waals surface area contributed by atoms with E-state index in [2.05, 4.69) is 0 Å². The topological polar surface area (TPSA) is 80.8 Å². The number of hydrogen-bond donors (Lipinski definition) is 0. The number of anilines is 1. The maximum Gasteiger partial charge on any atom is 0.309 e. The number of rotatable bonds is 6. The van der Waals surface area contributed by atoms with Crippen molar-refractivity contribution in [3.63, 3.8) is 0 Å². The number of esters is 1. The predicted octanol–water partition coefficient (Wildman–Crippen LogP) is 2.48. The minimum Gasteiger partial charge on any atom is -0.457 e. The second-order valence-electron chi connectivity index (χ2n) is 6.58. The second kappa shape index (κ2) is 7.61. The maximum absolute atomic E-state index is 12.3. The van der Waals surface area contributed by atoms with Gasteiger partial charge in [0, 0.05) is 12.1 Å². The van der Waals surface area contributed by atoms with Gasteiger partial charge in [0.15, 0.2) is 12.4 Å². The summed E-state index contributed by atoms with van der Waals surface area (Å²) in [5, 5.41) is 0. The van der Waals surface area contributed by atoms with Crippen LogP contribution in [-0.2, 0) is 26.0 Å². The van der Waals surface area contributed by atoms with E-state index in [-0.39, 0.29) is 30.0 Å². The molecule has 0 amide bonds. The predicted molar refractivity (Wildman–Crippen MR) is 98.7 cm³/mol. The van der Waals surface area contributed by atoms with E-state index in [1.807, 2.05) is 12.2 Å². The van der Waals surface area contributed by atoms with E-state index in [0.717, 1.165) is 18.4 Å². The van der Waals surface area contributed by atoms with Crippen molar-refractivity contribution in [3.05, 3.63) is 41.5 Å². The minimum absolute atomic E-state index is 0.0411. The van der Waals surface area contributed by atoms with Gasteiger partial charge in [-0.2, -0.15) is 0 Å². The van der Waals surface area contributed by atoms with Gasteiger partial charge in [-0.05, 0) is 56.4 Å². The Morgan fingerprint density at radius 1 is 1.27 bits per heavy atom. The minimum atomic E-state index is -3.30. The number of ether oxygens (including phenoxy) is 1. The third-order valence-corrected chi connectivity index (χ3v) is 6.68. The molecule has 0 spiro atoms. The second-order valence-corrected chi connectivity index (χ2v) is 8.76. The Balaban J connectivity index is 1.64. The van der Waals surface area contributed by atoms with Crippen LogP contribution < -0.4 is 4.31 Å². The van der Waals surface area contributed by atoms with Crippen LogP contribution in [0.3, 0.4) is 0 Å². The Morgan fingerprint density at radius 2 is 2.08 bits per heavy atom. The molecule has 26 heavy (non-hydrogen) atoms. The van der Waals surface area contributed by atoms with Gasteiger partial charge in [-0.15, -0.1) is 0 Å². The summed E-state index contributed by atoms with van der Waals surface area (Å²) in [5.41, 5.74) is 1.90. The fraction of sp³-hybridized carbons (Fsp3) is 0.474. The van der Waals surface area contributed by atoms with Gasteiger partial charge in [-0.3, -0.25) is 13.9 Å². The van der Waals surface area contributed by atoms with Crippen LogP contribution in [0.1, 0.15) is 42.1 Å². The van der Waals surface area contributed by atoms with Gasteiger partial charge in [-0.25, -0.2) is 8.42 Å². The highest BCUT2D eigenvalue weighted by Gasteiger charge is 2.29. The number of carbonyl (C=O) groups excluding carboxylic acids is 2. The number of allylic oxidation sites excluding steroid dienone is 2. The molecule has 0 aromatic heterocycles. The molecule has 0 N–H and O–H groups in total. The maximum atomic E-state index is 12.3. The molecule has 1 aliphatic heterocycles. The number of sulfonamides is 1. The van der Waals surface area contributed by atoms with E-state index in [0.29, 0.717) is 30.6 Å². The Hall–Kier alpha value is -2.15. The number of fused-ring (bicyclic) bond motifs is 1. The first-order valence-electron chi connectivity index (χ1n) is 8.90. The van der Waals surface area contributed by atoms with Gasteiger partial charge in [0.05, 0.1) is 17.4 Å². The van der Waals surface area contributed by atoms with Crippen LogP contribution >= 0.6 is 0 Å². The zero-order valence-electron chi connectivity index (χ0n) is 14.8. The van der Waals surface area contributed by atoms with Gasteiger partial charge in [-0.1, -0.05) is 12.2 Å². The van der Waals surface area contributed by atoms with E-state index in [1.165, 1.54) is 4.31 Å². The normalized spacial score (nSPS) is 19.3. The molecule has 1 unspecified atom stereocenters. The number of benzene rings is 1. The molecule has 2 aliphatic rings. The molecule has 1 aliphatic carbocycles. The monoisotopic (exact) mass is 377 g/mol. The number of nitrogens with zero attached hydrogens (tertiary/aromatic N) is 1. The average Bonchev–Trinajstić information content (AvgIpc) is 3.10. The highest BCUT2D eigenvalue weighted by molar-refractivity contribution is 7.92. The van der Waals surface area contributed by atoms with Crippen molar-refractivity contribution >= 4 is 27.5 Å². The van der Waals surface area contributed by atoms with Crippen LogP contribution in [0.25, 0.3) is 0 Å². The van der Waals surface area contributed by atoms with Gasteiger partial charge in [0.2, 0.25) is 10.0 Å². The van der Waals surface area contributed by atoms with Crippen LogP contribution in [0.4, 0.5) is 5.69 Å². The van der Waals surface area contributed by atoms with Crippen molar-refractivity contribution < 1.29 is 22.7 Å². The summed E-state index contributed by atoms with van der Waals surface area (Å²) in [4.78, 5) is 24.4. The van der Waals surface area contributed by atoms with Crippen molar-refractivity contribution in [2.45, 2.75) is 32.6 Å². The molecule has 7 heteroatoms. The van der Waals surface area contributed by atoms with Crippen LogP contribution in [0, 0.1) is 5.92 Å². The highest BCUT2D eigenvalue weighted by Crippen LogP contribution is 2.31. The molecule has 1 heterocycles. The highest BCUT2D eigenvalue weighted by atomic mass is 32.2. The first-order chi connectivity index (χ1) is 12.4. The Morgan fingerprint density at radius 3 is 2.77 bits per heavy atom. The summed E-state index contributed by atoms with van der Waals surface area (Å²) in [5.74, 6) is -0.728. The van der Waals surface area contributed by atoms with Crippen LogP contribution in [0.2, 0.25) is 0 Å². The Labute approximate surface area is 153 Å². The quantitative estimate of drug-likeness (QED) is 0.432. The number of carbonyl (C=O) groups is 2. The molecule has 140 valence electrons. The third-order valence-electron chi connectivity index (χ3n) is 4.90. The number of Topliss-reactive ketones (excluding diaryl/α,β-unsaturated/α-hetero) is 1. The number of ketones is 1. The molecular weight excluding hydrogens is 354 g/mol. The molecule has 0 saturated carbocycles. The molecule has 0 fully saturated rings. The van der Waals surface area contributed by atoms with Crippen molar-refractivity contribution in [1.82, 2.24) is 0 Å². The van der Waals surface area contributed by atoms with Crippen molar-refractivity contribution in [3.8, 4) is 0 Å². The Bertz CT molecular complexity index is 843. The van der Waals surface area contributed by atoms with Gasteiger partial charge in [0.1, 0.15) is 0 Å². The van der Waals surface area contributed by atoms with Crippen LogP contribution in [-0.4, -0.2) is 39.1 Å². The lowest BCUT2D eigenvalue weighted by molar-refractivity contribution is -0.147. The van der Waals surface area contributed by atoms with Crippen molar-refractivity contribution in [2.24, 2.45) is 5.92 Å². The molecular formula is C19H23NO5S. The molecule has 0 bridgehead atoms. The fourth-order valence-corrected chi connectivity index (χ4v) is 4.49. The largest absolute Gasteiger partial charge is 0.457 e. The Kier molecular flexibility index (Phi) is 5.46. The van der Waals surface area contributed by atoms with Gasteiger partial charge in [0.25, 0.3) is 0 Å². The van der Waals surface area contributed by atoms with E-state index in [9.17, 15) is 18.0 Å². The summed E-state index contributed by atoms with van der Waals surface area (Å²) in [6.45, 7) is 1.73. The van der Waals surface area contributed by atoms with Crippen LogP contribution in [0.5, 0.6) is 0 Å². The van der Waals surface area contributed by atoms with Gasteiger partial charge >= 0.3 is 5.97 Å². The first-order valence-corrected chi connectivity index (χ1v) is 10.5. The summed E-state index contributed by atoms with van der Waals surface area (Å²) >= 11 is 0. The molecule has 0 saturated heterocycles. The summed E-state index contributed by atoms with van der Waals surface area (Å²) in [6.07, 6.45) is 6.85. The summed E-state index contributed by atoms with van der Waals surface area (Å²) < 4.78 is 30.8. The van der Waals surface area contributed by atoms with E-state index in [1.54, 1.807) is 25.1 Å². The zero-order valence-corrected chi connectivity index (χ0v) is 15.6. The first kappa shape index (κ1) is 18.6. The summed E-state index contributed by atoms with van der Waals surface area (Å²) in [6, 6.07) is 4.97. The van der Waals surface area contributed by atoms with E-state index >= 15 is 0 Å². The van der Waals surface area contributed by atoms with E-state index < -0.39 is 10.0 Å². The molecule has 3 rings (SSSR count). The molecule has 0 radical (unpaired) electrons. The van der Waals surface area contributed by atoms with Crippen molar-refractivity contribution in [2.75, 3.05) is 23.2 Å². The smallest absolute Gasteiger partial charge is 0.309 e. The zero-order chi connectivity index (χ0) is 18.7. The van der Waals surface area contributed by atoms with Crippen molar-refractivity contribution in [1.29, 1.82) is 0 Å². The molecule has 6 nitrogen and oxygen atoms in total. The summed E-state index contributed by atoms with van der Waals surface area (Å²) in [7, 11) is -3.30. The molecule has 1 aromatic rings. The lowest BCUT2D eigenvalue weighted by atomic mass is 9.95. The fourth-order valence-electron chi connectivity index (χ4n) is 3.34.